The van der Waals surface area contributed by atoms with E-state index in [1.165, 1.54) is 77.3 Å². The number of rotatable bonds is 4. The van der Waals surface area contributed by atoms with Crippen molar-refractivity contribution in [2.75, 3.05) is 19.6 Å². The van der Waals surface area contributed by atoms with E-state index >= 15 is 0 Å². The number of quaternary nitrogens is 1. The topological polar surface area (TPSA) is 21.5 Å². The minimum absolute atomic E-state index is 0.398. The van der Waals surface area contributed by atoms with Crippen LogP contribution >= 0.6 is 0 Å². The molecule has 2 aliphatic carbocycles. The van der Waals surface area contributed by atoms with Gasteiger partial charge in [-0.1, -0.05) is 46.0 Å². The number of ketones is 1. The maximum atomic E-state index is 12.7. The largest absolute Gasteiger partial charge is 0.328 e. The van der Waals surface area contributed by atoms with Crippen LogP contribution < -0.4 is 4.90 Å². The van der Waals surface area contributed by atoms with E-state index in [2.05, 4.69) is 13.8 Å². The predicted octanol–water partition coefficient (Wildman–Crippen LogP) is 3.50. The molecule has 3 fully saturated rings. The van der Waals surface area contributed by atoms with Crippen molar-refractivity contribution >= 4 is 5.78 Å². The third-order valence-electron chi connectivity index (χ3n) is 7.05. The summed E-state index contributed by atoms with van der Waals surface area (Å²) in [5.41, 5.74) is 0. The molecule has 0 radical (unpaired) electrons. The molecule has 1 saturated heterocycles. The highest BCUT2D eigenvalue weighted by Gasteiger charge is 2.33. The zero-order valence-electron chi connectivity index (χ0n) is 15.5. The van der Waals surface area contributed by atoms with Gasteiger partial charge in [0.05, 0.1) is 13.1 Å². The van der Waals surface area contributed by atoms with Gasteiger partial charge in [0.2, 0.25) is 0 Å². The first-order valence-electron chi connectivity index (χ1n) is 10.5. The molecule has 132 valence electrons. The molecule has 2 unspecified atom stereocenters. The van der Waals surface area contributed by atoms with Gasteiger partial charge in [0, 0.05) is 17.8 Å². The Hall–Kier alpha value is -0.370. The lowest BCUT2D eigenvalue weighted by Gasteiger charge is -2.36. The van der Waals surface area contributed by atoms with E-state index in [1.54, 1.807) is 4.90 Å². The molecule has 1 N–H and O–H groups in total. The zero-order chi connectivity index (χ0) is 16.2. The fourth-order valence-electron chi connectivity index (χ4n) is 5.98. The molecule has 0 aromatic heterocycles. The summed E-state index contributed by atoms with van der Waals surface area (Å²) < 4.78 is 0. The molecule has 3 aliphatic rings. The molecule has 2 saturated carbocycles. The molecule has 3 rings (SSSR count). The number of carbonyl (C=O) groups is 1. The van der Waals surface area contributed by atoms with Gasteiger partial charge >= 0.3 is 0 Å². The highest BCUT2D eigenvalue weighted by Crippen LogP contribution is 2.40. The minimum Gasteiger partial charge on any atom is -0.328 e. The molecule has 2 heteroatoms. The summed E-state index contributed by atoms with van der Waals surface area (Å²) in [6.07, 6.45) is 13.7. The van der Waals surface area contributed by atoms with Crippen LogP contribution in [-0.4, -0.2) is 25.4 Å². The maximum absolute atomic E-state index is 12.7. The Morgan fingerprint density at radius 2 is 1.39 bits per heavy atom. The maximum Gasteiger partial charge on any atom is 0.189 e. The van der Waals surface area contributed by atoms with Gasteiger partial charge < -0.3 is 4.90 Å². The van der Waals surface area contributed by atoms with Gasteiger partial charge in [0.15, 0.2) is 5.78 Å². The number of nitrogens with one attached hydrogen (secondary N) is 1. The van der Waals surface area contributed by atoms with E-state index in [0.717, 1.165) is 30.2 Å². The molecule has 0 amide bonds. The van der Waals surface area contributed by atoms with Gasteiger partial charge in [-0.05, 0) is 43.9 Å². The van der Waals surface area contributed by atoms with E-state index in [4.69, 9.17) is 0 Å². The van der Waals surface area contributed by atoms with E-state index in [9.17, 15) is 4.79 Å². The van der Waals surface area contributed by atoms with Crippen molar-refractivity contribution in [3.8, 4) is 0 Å². The average Bonchev–Trinajstić information content (AvgIpc) is 2.55. The normalized spacial score (nSPS) is 40.0. The van der Waals surface area contributed by atoms with Crippen LogP contribution in [0.25, 0.3) is 0 Å². The SMILES string of the molecule is CC1CC(C)C[NH+](CC(=O)C2CCC(C3CCCCC3)CC2)C1. The Balaban J connectivity index is 1.42. The second kappa shape index (κ2) is 8.14. The van der Waals surface area contributed by atoms with Crippen LogP contribution in [0.2, 0.25) is 0 Å². The van der Waals surface area contributed by atoms with Crippen molar-refractivity contribution in [1.29, 1.82) is 0 Å². The summed E-state index contributed by atoms with van der Waals surface area (Å²) in [4.78, 5) is 14.3. The predicted molar refractivity (Wildman–Crippen MR) is 95.5 cm³/mol. The van der Waals surface area contributed by atoms with Gasteiger partial charge in [-0.25, -0.2) is 0 Å². The summed E-state index contributed by atoms with van der Waals surface area (Å²) >= 11 is 0. The number of hydrogen-bond donors (Lipinski definition) is 1. The number of piperidine rings is 1. The van der Waals surface area contributed by atoms with Crippen LogP contribution in [-0.2, 0) is 4.79 Å². The highest BCUT2D eigenvalue weighted by molar-refractivity contribution is 5.81. The fraction of sp³-hybridized carbons (Fsp3) is 0.952. The van der Waals surface area contributed by atoms with Crippen LogP contribution in [0.5, 0.6) is 0 Å². The van der Waals surface area contributed by atoms with Crippen LogP contribution in [0.3, 0.4) is 0 Å². The third kappa shape index (κ3) is 4.81. The Morgan fingerprint density at radius 3 is 2.00 bits per heavy atom. The third-order valence-corrected chi connectivity index (χ3v) is 7.05. The Kier molecular flexibility index (Phi) is 6.18. The van der Waals surface area contributed by atoms with Crippen LogP contribution in [0.4, 0.5) is 0 Å². The smallest absolute Gasteiger partial charge is 0.189 e. The van der Waals surface area contributed by atoms with E-state index in [-0.39, 0.29) is 0 Å². The molecular weight excluding hydrogens is 282 g/mol. The van der Waals surface area contributed by atoms with E-state index in [1.807, 2.05) is 0 Å². The quantitative estimate of drug-likeness (QED) is 0.841. The van der Waals surface area contributed by atoms with Crippen molar-refractivity contribution < 1.29 is 9.69 Å². The van der Waals surface area contributed by atoms with Crippen molar-refractivity contribution in [3.05, 3.63) is 0 Å². The first kappa shape index (κ1) is 17.5. The van der Waals surface area contributed by atoms with E-state index < -0.39 is 0 Å². The fourth-order valence-corrected chi connectivity index (χ4v) is 5.98. The van der Waals surface area contributed by atoms with Crippen LogP contribution in [0.1, 0.15) is 78.1 Å². The molecule has 23 heavy (non-hydrogen) atoms. The molecule has 1 aliphatic heterocycles. The average molecular weight is 321 g/mol. The number of hydrogen-bond acceptors (Lipinski definition) is 1. The van der Waals surface area contributed by atoms with Crippen molar-refractivity contribution in [2.24, 2.45) is 29.6 Å². The monoisotopic (exact) mass is 320 g/mol. The van der Waals surface area contributed by atoms with Crippen LogP contribution in [0, 0.1) is 29.6 Å². The standard InChI is InChI=1S/C21H37NO/c1-16-12-17(2)14-22(13-16)15-21(23)20-10-8-19(9-11-20)18-6-4-3-5-7-18/h16-20H,3-15H2,1-2H3/p+1. The summed E-state index contributed by atoms with van der Waals surface area (Å²) in [7, 11) is 0. The first-order valence-corrected chi connectivity index (χ1v) is 10.5. The zero-order valence-corrected chi connectivity index (χ0v) is 15.5. The summed E-state index contributed by atoms with van der Waals surface area (Å²) in [6, 6.07) is 0. The second-order valence-corrected chi connectivity index (χ2v) is 9.26. The van der Waals surface area contributed by atoms with Crippen LogP contribution in [0.15, 0.2) is 0 Å². The molecule has 0 aromatic carbocycles. The highest BCUT2D eigenvalue weighted by atomic mass is 16.1. The second-order valence-electron chi connectivity index (χ2n) is 9.26. The molecule has 2 atom stereocenters. The van der Waals surface area contributed by atoms with Crippen molar-refractivity contribution in [3.63, 3.8) is 0 Å². The van der Waals surface area contributed by atoms with Gasteiger partial charge in [0.25, 0.3) is 0 Å². The first-order chi connectivity index (χ1) is 11.1. The number of likely N-dealkylation sites (tertiary alicyclic amines) is 1. The molecule has 0 aromatic rings. The Bertz CT molecular complexity index is 369. The van der Waals surface area contributed by atoms with Gasteiger partial charge in [0.1, 0.15) is 6.54 Å². The van der Waals surface area contributed by atoms with Crippen molar-refractivity contribution in [2.45, 2.75) is 78.1 Å². The summed E-state index contributed by atoms with van der Waals surface area (Å²) in [6.45, 7) is 7.96. The van der Waals surface area contributed by atoms with Gasteiger partial charge in [-0.15, -0.1) is 0 Å². The lowest BCUT2D eigenvalue weighted by Crippen LogP contribution is -3.15. The van der Waals surface area contributed by atoms with Gasteiger partial charge in [-0.2, -0.15) is 0 Å². The molecule has 0 bridgehead atoms. The Labute approximate surface area is 143 Å². The van der Waals surface area contributed by atoms with Crippen molar-refractivity contribution in [1.82, 2.24) is 0 Å². The molecule has 0 spiro atoms. The van der Waals surface area contributed by atoms with E-state index in [0.29, 0.717) is 11.7 Å². The molecule has 2 nitrogen and oxygen atoms in total. The lowest BCUT2D eigenvalue weighted by atomic mass is 9.70. The van der Waals surface area contributed by atoms with Gasteiger partial charge in [-0.3, -0.25) is 4.79 Å². The minimum atomic E-state index is 0.398. The molecular formula is C21H38NO+. The number of Topliss-reactive ketones (excluding diaryl/α,β-unsaturated/α-hetero) is 1. The summed E-state index contributed by atoms with van der Waals surface area (Å²) in [5.74, 6) is 4.52. The number of carbonyl (C=O) groups excluding carboxylic acids is 1. The lowest BCUT2D eigenvalue weighted by molar-refractivity contribution is -0.904. The molecule has 1 heterocycles. The summed E-state index contributed by atoms with van der Waals surface area (Å²) in [5, 5.41) is 0. The Morgan fingerprint density at radius 1 is 0.826 bits per heavy atom.